The van der Waals surface area contributed by atoms with Gasteiger partial charge in [-0.05, 0) is 52.5 Å². The summed E-state index contributed by atoms with van der Waals surface area (Å²) in [4.78, 5) is 1.33. The molecule has 3 N–H and O–H groups in total. The largest absolute Gasteiger partial charge is 0.271 e. The molecule has 0 amide bonds. The number of benzene rings is 1. The first-order chi connectivity index (χ1) is 8.67. The van der Waals surface area contributed by atoms with Crippen molar-refractivity contribution in [2.45, 2.75) is 18.9 Å². The average molecular weight is 390 g/mol. The molecule has 1 unspecified atom stereocenters. The molecule has 0 aliphatic carbocycles. The Morgan fingerprint density at radius 2 is 2.00 bits per heavy atom. The lowest BCUT2D eigenvalue weighted by molar-refractivity contribution is 0.525. The Bertz CT molecular complexity index is 513. The normalized spacial score (nSPS) is 12.6. The first kappa shape index (κ1) is 14.2. The van der Waals surface area contributed by atoms with Crippen LogP contribution in [-0.4, -0.2) is 6.04 Å². The molecule has 1 aromatic carbocycles. The molecule has 0 saturated carbocycles. The summed E-state index contributed by atoms with van der Waals surface area (Å²) in [7, 11) is 0. The molecule has 0 aliphatic rings. The molecule has 1 atom stereocenters. The van der Waals surface area contributed by atoms with Gasteiger partial charge in [0.15, 0.2) is 0 Å². The maximum absolute atomic E-state index is 5.64. The summed E-state index contributed by atoms with van der Waals surface area (Å²) >= 11 is 8.72. The van der Waals surface area contributed by atoms with Gasteiger partial charge in [-0.25, -0.2) is 0 Å². The van der Waals surface area contributed by atoms with Crippen molar-refractivity contribution in [3.05, 3.63) is 55.1 Å². The van der Waals surface area contributed by atoms with Crippen LogP contribution in [0, 0.1) is 0 Å². The Kier molecular flexibility index (Phi) is 5.38. The van der Waals surface area contributed by atoms with Crippen LogP contribution in [0.2, 0.25) is 0 Å². The molecule has 5 heteroatoms. The van der Waals surface area contributed by atoms with E-state index in [1.54, 1.807) is 11.3 Å². The maximum atomic E-state index is 5.64. The van der Waals surface area contributed by atoms with Crippen molar-refractivity contribution in [1.82, 2.24) is 5.43 Å². The van der Waals surface area contributed by atoms with Gasteiger partial charge < -0.3 is 0 Å². The summed E-state index contributed by atoms with van der Waals surface area (Å²) in [6, 6.07) is 10.7. The molecule has 0 fully saturated rings. The molecule has 2 nitrogen and oxygen atoms in total. The van der Waals surface area contributed by atoms with Gasteiger partial charge in [0.25, 0.3) is 0 Å². The molecule has 1 heterocycles. The Hall–Kier alpha value is -0.200. The molecular weight excluding hydrogens is 376 g/mol. The second-order valence-corrected chi connectivity index (χ2v) is 6.96. The predicted octanol–water partition coefficient (Wildman–Crippen LogP) is 3.89. The van der Waals surface area contributed by atoms with E-state index in [1.807, 2.05) is 6.07 Å². The highest BCUT2D eigenvalue weighted by Gasteiger charge is 2.10. The lowest BCUT2D eigenvalue weighted by Crippen LogP contribution is -2.38. The van der Waals surface area contributed by atoms with Crippen molar-refractivity contribution in [3.63, 3.8) is 0 Å². The number of rotatable bonds is 5. The highest BCUT2D eigenvalue weighted by Crippen LogP contribution is 2.22. The van der Waals surface area contributed by atoms with E-state index in [0.29, 0.717) is 0 Å². The van der Waals surface area contributed by atoms with E-state index in [0.717, 1.165) is 21.8 Å². The summed E-state index contributed by atoms with van der Waals surface area (Å²) < 4.78 is 2.25. The number of hydrogen-bond acceptors (Lipinski definition) is 3. The Balaban J connectivity index is 2.01. The van der Waals surface area contributed by atoms with Crippen molar-refractivity contribution in [3.8, 4) is 0 Å². The molecule has 0 aliphatic heterocycles. The van der Waals surface area contributed by atoms with Crippen LogP contribution in [0.3, 0.4) is 0 Å². The fraction of sp³-hybridized carbons (Fsp3) is 0.231. The highest BCUT2D eigenvalue weighted by atomic mass is 79.9. The van der Waals surface area contributed by atoms with E-state index in [2.05, 4.69) is 66.9 Å². The van der Waals surface area contributed by atoms with Crippen LogP contribution in [0.1, 0.15) is 10.4 Å². The minimum absolute atomic E-state index is 0.254. The van der Waals surface area contributed by atoms with E-state index in [-0.39, 0.29) is 6.04 Å². The zero-order chi connectivity index (χ0) is 13.0. The fourth-order valence-corrected chi connectivity index (χ4v) is 3.82. The van der Waals surface area contributed by atoms with Crippen LogP contribution >= 0.6 is 43.2 Å². The lowest BCUT2D eigenvalue weighted by Gasteiger charge is -2.15. The fourth-order valence-electron chi connectivity index (χ4n) is 1.84. The first-order valence-corrected chi connectivity index (χ1v) is 8.07. The first-order valence-electron chi connectivity index (χ1n) is 5.61. The summed E-state index contributed by atoms with van der Waals surface area (Å²) in [6.45, 7) is 0. The minimum atomic E-state index is 0.254. The van der Waals surface area contributed by atoms with Gasteiger partial charge in [0, 0.05) is 25.2 Å². The SMILES string of the molecule is NNC(Cc1cccc(Br)c1)Cc1cc(Br)cs1. The summed E-state index contributed by atoms with van der Waals surface area (Å²) in [6.07, 6.45) is 1.87. The van der Waals surface area contributed by atoms with Crippen molar-refractivity contribution in [2.75, 3.05) is 0 Å². The lowest BCUT2D eigenvalue weighted by atomic mass is 10.0. The standard InChI is InChI=1S/C13H14Br2N2S/c14-10-3-1-2-9(4-10)5-12(17-16)7-13-6-11(15)8-18-13/h1-4,6,8,12,17H,5,7,16H2. The topological polar surface area (TPSA) is 38.0 Å². The van der Waals surface area contributed by atoms with Crippen LogP contribution in [0.15, 0.2) is 44.7 Å². The van der Waals surface area contributed by atoms with Crippen LogP contribution in [0.25, 0.3) is 0 Å². The van der Waals surface area contributed by atoms with E-state index in [9.17, 15) is 0 Å². The summed E-state index contributed by atoms with van der Waals surface area (Å²) in [5, 5.41) is 2.10. The van der Waals surface area contributed by atoms with Gasteiger partial charge in [-0.1, -0.05) is 28.1 Å². The smallest absolute Gasteiger partial charge is 0.0299 e. The van der Waals surface area contributed by atoms with Gasteiger partial charge in [-0.2, -0.15) is 0 Å². The Morgan fingerprint density at radius 3 is 2.61 bits per heavy atom. The molecule has 0 spiro atoms. The number of hydrogen-bond donors (Lipinski definition) is 2. The van der Waals surface area contributed by atoms with E-state index < -0.39 is 0 Å². The molecule has 0 radical (unpaired) electrons. The quantitative estimate of drug-likeness (QED) is 0.601. The predicted molar refractivity (Wildman–Crippen MR) is 84.7 cm³/mol. The third kappa shape index (κ3) is 4.17. The average Bonchev–Trinajstić information content (AvgIpc) is 2.74. The minimum Gasteiger partial charge on any atom is -0.271 e. The molecule has 0 bridgehead atoms. The van der Waals surface area contributed by atoms with Crippen LogP contribution in [-0.2, 0) is 12.8 Å². The summed E-state index contributed by atoms with van der Waals surface area (Å²) in [5.74, 6) is 5.64. The van der Waals surface area contributed by atoms with E-state index in [1.165, 1.54) is 10.4 Å². The number of halogens is 2. The van der Waals surface area contributed by atoms with Gasteiger partial charge in [0.2, 0.25) is 0 Å². The zero-order valence-electron chi connectivity index (χ0n) is 9.70. The zero-order valence-corrected chi connectivity index (χ0v) is 13.7. The summed E-state index contributed by atoms with van der Waals surface area (Å²) in [5.41, 5.74) is 4.18. The number of nitrogens with one attached hydrogen (secondary N) is 1. The molecule has 1 aromatic heterocycles. The van der Waals surface area contributed by atoms with E-state index in [4.69, 9.17) is 5.84 Å². The second-order valence-electron chi connectivity index (χ2n) is 4.13. The number of hydrazine groups is 1. The van der Waals surface area contributed by atoms with Crippen LogP contribution < -0.4 is 11.3 Å². The molecule has 0 saturated heterocycles. The highest BCUT2D eigenvalue weighted by molar-refractivity contribution is 9.10. The number of thiophene rings is 1. The molecule has 2 rings (SSSR count). The van der Waals surface area contributed by atoms with Crippen LogP contribution in [0.5, 0.6) is 0 Å². The van der Waals surface area contributed by atoms with Gasteiger partial charge in [-0.15, -0.1) is 11.3 Å². The van der Waals surface area contributed by atoms with E-state index >= 15 is 0 Å². The van der Waals surface area contributed by atoms with Crippen molar-refractivity contribution in [2.24, 2.45) is 5.84 Å². The Morgan fingerprint density at radius 1 is 1.17 bits per heavy atom. The third-order valence-electron chi connectivity index (χ3n) is 2.68. The molecular formula is C13H14Br2N2S. The Labute approximate surface area is 128 Å². The third-order valence-corrected chi connectivity index (χ3v) is 4.89. The number of nitrogens with two attached hydrogens (primary N) is 1. The van der Waals surface area contributed by atoms with Gasteiger partial charge in [-0.3, -0.25) is 11.3 Å². The maximum Gasteiger partial charge on any atom is 0.0299 e. The molecule has 96 valence electrons. The second kappa shape index (κ2) is 6.82. The van der Waals surface area contributed by atoms with Crippen molar-refractivity contribution >= 4 is 43.2 Å². The molecule has 18 heavy (non-hydrogen) atoms. The monoisotopic (exact) mass is 388 g/mol. The van der Waals surface area contributed by atoms with Crippen LogP contribution in [0.4, 0.5) is 0 Å². The van der Waals surface area contributed by atoms with Gasteiger partial charge in [0.1, 0.15) is 0 Å². The van der Waals surface area contributed by atoms with Gasteiger partial charge >= 0.3 is 0 Å². The van der Waals surface area contributed by atoms with Gasteiger partial charge in [0.05, 0.1) is 0 Å². The van der Waals surface area contributed by atoms with Crippen molar-refractivity contribution < 1.29 is 0 Å². The molecule has 2 aromatic rings. The van der Waals surface area contributed by atoms with Crippen molar-refractivity contribution in [1.29, 1.82) is 0 Å².